The summed E-state index contributed by atoms with van der Waals surface area (Å²) in [5.74, 6) is 0.199. The van der Waals surface area contributed by atoms with Crippen molar-refractivity contribution in [3.63, 3.8) is 0 Å². The number of halogens is 1. The molecular weight excluding hydrogens is 271 g/mol. The highest BCUT2D eigenvalue weighted by Crippen LogP contribution is 2.34. The van der Waals surface area contributed by atoms with E-state index >= 15 is 0 Å². The number of amides is 1. The highest BCUT2D eigenvalue weighted by molar-refractivity contribution is 5.77. The Morgan fingerprint density at radius 2 is 2.24 bits per heavy atom. The Morgan fingerprint density at radius 1 is 1.43 bits per heavy atom. The van der Waals surface area contributed by atoms with Crippen LogP contribution < -0.4 is 10.2 Å². The van der Waals surface area contributed by atoms with Gasteiger partial charge >= 0.3 is 0 Å². The van der Waals surface area contributed by atoms with Gasteiger partial charge in [-0.2, -0.15) is 0 Å². The number of anilines is 1. The van der Waals surface area contributed by atoms with Crippen LogP contribution in [0.2, 0.25) is 0 Å². The second-order valence-corrected chi connectivity index (χ2v) is 6.06. The Morgan fingerprint density at radius 3 is 3.00 bits per heavy atom. The van der Waals surface area contributed by atoms with Crippen molar-refractivity contribution in [2.75, 3.05) is 18.0 Å². The number of nitrogens with one attached hydrogen (secondary N) is 1. The van der Waals surface area contributed by atoms with Crippen LogP contribution in [-0.4, -0.2) is 30.1 Å². The normalized spacial score (nSPS) is 27.0. The number of carbonyl (C=O) groups is 1. The molecule has 0 aliphatic carbocycles. The Balaban J connectivity index is 1.84. The summed E-state index contributed by atoms with van der Waals surface area (Å²) in [5.41, 5.74) is 1.15. The van der Waals surface area contributed by atoms with Crippen LogP contribution in [0.3, 0.4) is 0 Å². The summed E-state index contributed by atoms with van der Waals surface area (Å²) >= 11 is 0. The molecule has 0 saturated carbocycles. The van der Waals surface area contributed by atoms with Gasteiger partial charge in [0.05, 0.1) is 11.8 Å². The molecule has 1 aromatic rings. The third kappa shape index (κ3) is 2.75. The Hall–Kier alpha value is -1.62. The first-order valence-corrected chi connectivity index (χ1v) is 7.57. The molecule has 2 unspecified atom stereocenters. The second kappa shape index (κ2) is 5.64. The van der Waals surface area contributed by atoms with Crippen molar-refractivity contribution in [1.82, 2.24) is 5.32 Å². The molecule has 5 heteroatoms. The van der Waals surface area contributed by atoms with Crippen LogP contribution in [-0.2, 0) is 4.79 Å². The number of aliphatic hydroxyl groups is 1. The van der Waals surface area contributed by atoms with Gasteiger partial charge in [0.2, 0.25) is 5.91 Å². The van der Waals surface area contributed by atoms with Crippen molar-refractivity contribution in [2.45, 2.75) is 38.3 Å². The quantitative estimate of drug-likeness (QED) is 0.876. The van der Waals surface area contributed by atoms with E-state index in [1.165, 1.54) is 6.07 Å². The molecule has 2 N–H and O–H groups in total. The average Bonchev–Trinajstić information content (AvgIpc) is 2.46. The summed E-state index contributed by atoms with van der Waals surface area (Å²) in [5, 5.41) is 12.9. The van der Waals surface area contributed by atoms with Crippen molar-refractivity contribution in [3.8, 4) is 0 Å². The molecule has 4 nitrogen and oxygen atoms in total. The fourth-order valence-corrected chi connectivity index (χ4v) is 3.52. The Bertz CT molecular complexity index is 547. The van der Waals surface area contributed by atoms with E-state index in [2.05, 4.69) is 5.32 Å². The summed E-state index contributed by atoms with van der Waals surface area (Å²) in [6.07, 6.45) is 1.53. The first-order valence-electron chi connectivity index (χ1n) is 7.57. The number of para-hydroxylation sites is 1. The zero-order valence-electron chi connectivity index (χ0n) is 12.2. The number of carbonyl (C=O) groups excluding carboxylic acids is 1. The number of fused-ring (bicyclic) bond motifs is 1. The molecule has 2 saturated heterocycles. The van der Waals surface area contributed by atoms with E-state index < -0.39 is 6.10 Å². The molecule has 2 heterocycles. The van der Waals surface area contributed by atoms with Crippen LogP contribution in [0.5, 0.6) is 0 Å². The van der Waals surface area contributed by atoms with Crippen molar-refractivity contribution in [3.05, 3.63) is 29.6 Å². The third-order valence-electron chi connectivity index (χ3n) is 4.61. The molecule has 3 rings (SSSR count). The maximum Gasteiger partial charge on any atom is 0.220 e. The summed E-state index contributed by atoms with van der Waals surface area (Å²) in [6.45, 7) is 3.08. The molecule has 0 radical (unpaired) electrons. The van der Waals surface area contributed by atoms with E-state index in [1.54, 1.807) is 19.1 Å². The zero-order chi connectivity index (χ0) is 15.0. The molecule has 2 aliphatic heterocycles. The molecular formula is C16H21FN2O2. The van der Waals surface area contributed by atoms with Crippen LogP contribution in [0.15, 0.2) is 18.2 Å². The van der Waals surface area contributed by atoms with Crippen LogP contribution in [0.4, 0.5) is 10.1 Å². The Kier molecular flexibility index (Phi) is 3.85. The van der Waals surface area contributed by atoms with Crippen LogP contribution in [0.25, 0.3) is 0 Å². The topological polar surface area (TPSA) is 52.6 Å². The van der Waals surface area contributed by atoms with E-state index in [-0.39, 0.29) is 17.8 Å². The van der Waals surface area contributed by atoms with Gasteiger partial charge in [0.15, 0.2) is 0 Å². The third-order valence-corrected chi connectivity index (χ3v) is 4.61. The monoisotopic (exact) mass is 292 g/mol. The lowest BCUT2D eigenvalue weighted by Gasteiger charge is -2.43. The number of piperidine rings is 2. The maximum atomic E-state index is 14.3. The van der Waals surface area contributed by atoms with Crippen LogP contribution in [0, 0.1) is 11.7 Å². The van der Waals surface area contributed by atoms with Crippen LogP contribution >= 0.6 is 0 Å². The number of aliphatic hydroxyl groups excluding tert-OH is 1. The predicted molar refractivity (Wildman–Crippen MR) is 78.5 cm³/mol. The van der Waals surface area contributed by atoms with Crippen molar-refractivity contribution in [1.29, 1.82) is 0 Å². The summed E-state index contributed by atoms with van der Waals surface area (Å²) in [7, 11) is 0. The SMILES string of the molecule is C[C@H](O)c1cccc(F)c1N1CCC2NC(=O)CCC2C1. The molecule has 1 amide bonds. The fraction of sp³-hybridized carbons (Fsp3) is 0.562. The molecule has 3 atom stereocenters. The first kappa shape index (κ1) is 14.3. The van der Waals surface area contributed by atoms with E-state index in [4.69, 9.17) is 0 Å². The second-order valence-electron chi connectivity index (χ2n) is 6.06. The average molecular weight is 292 g/mol. The molecule has 0 bridgehead atoms. The summed E-state index contributed by atoms with van der Waals surface area (Å²) in [4.78, 5) is 13.5. The van der Waals surface area contributed by atoms with Crippen molar-refractivity contribution >= 4 is 11.6 Å². The number of hydrogen-bond acceptors (Lipinski definition) is 3. The number of hydrogen-bond donors (Lipinski definition) is 2. The molecule has 2 aliphatic rings. The van der Waals surface area contributed by atoms with Gasteiger partial charge in [-0.25, -0.2) is 4.39 Å². The molecule has 21 heavy (non-hydrogen) atoms. The van der Waals surface area contributed by atoms with Gasteiger partial charge < -0.3 is 15.3 Å². The molecule has 0 aromatic heterocycles. The Labute approximate surface area is 124 Å². The largest absolute Gasteiger partial charge is 0.389 e. The lowest BCUT2D eigenvalue weighted by Crippen LogP contribution is -2.54. The molecule has 0 spiro atoms. The van der Waals surface area contributed by atoms with E-state index in [0.29, 0.717) is 30.1 Å². The zero-order valence-corrected chi connectivity index (χ0v) is 12.2. The highest BCUT2D eigenvalue weighted by atomic mass is 19.1. The minimum Gasteiger partial charge on any atom is -0.389 e. The number of rotatable bonds is 2. The van der Waals surface area contributed by atoms with Crippen LogP contribution in [0.1, 0.15) is 37.9 Å². The number of benzene rings is 1. The molecule has 2 fully saturated rings. The fourth-order valence-electron chi connectivity index (χ4n) is 3.52. The van der Waals surface area contributed by atoms with Gasteiger partial charge in [0.1, 0.15) is 5.82 Å². The smallest absolute Gasteiger partial charge is 0.220 e. The van der Waals surface area contributed by atoms with Crippen molar-refractivity contribution < 1.29 is 14.3 Å². The molecule has 114 valence electrons. The minimum atomic E-state index is -0.695. The van der Waals surface area contributed by atoms with Crippen molar-refractivity contribution in [2.24, 2.45) is 5.92 Å². The predicted octanol–water partition coefficient (Wildman–Crippen LogP) is 1.98. The van der Waals surface area contributed by atoms with E-state index in [1.807, 2.05) is 4.90 Å². The summed E-state index contributed by atoms with van der Waals surface area (Å²) in [6, 6.07) is 5.06. The van der Waals surface area contributed by atoms with E-state index in [0.717, 1.165) is 19.4 Å². The van der Waals surface area contributed by atoms with Gasteiger partial charge in [-0.05, 0) is 31.7 Å². The summed E-state index contributed by atoms with van der Waals surface area (Å²) < 4.78 is 14.3. The highest BCUT2D eigenvalue weighted by Gasteiger charge is 2.35. The first-order chi connectivity index (χ1) is 10.1. The van der Waals surface area contributed by atoms with Gasteiger partial charge in [-0.1, -0.05) is 12.1 Å². The minimum absolute atomic E-state index is 0.125. The van der Waals surface area contributed by atoms with Gasteiger partial charge in [0.25, 0.3) is 0 Å². The lowest BCUT2D eigenvalue weighted by atomic mass is 9.84. The van der Waals surface area contributed by atoms with Gasteiger partial charge in [0, 0.05) is 31.1 Å². The standard InChI is InChI=1S/C16H21FN2O2/c1-10(20)12-3-2-4-13(17)16(12)19-8-7-14-11(9-19)5-6-15(21)18-14/h2-4,10-11,14,20H,5-9H2,1H3,(H,18,21)/t10-,11?,14?/m0/s1. The maximum absolute atomic E-state index is 14.3. The number of nitrogens with zero attached hydrogens (tertiary/aromatic N) is 1. The van der Waals surface area contributed by atoms with Gasteiger partial charge in [-0.3, -0.25) is 4.79 Å². The lowest BCUT2D eigenvalue weighted by molar-refractivity contribution is -0.124. The van der Waals surface area contributed by atoms with E-state index in [9.17, 15) is 14.3 Å². The molecule has 1 aromatic carbocycles. The van der Waals surface area contributed by atoms with Gasteiger partial charge in [-0.15, -0.1) is 0 Å².